The van der Waals surface area contributed by atoms with Crippen LogP contribution in [0.3, 0.4) is 0 Å². The zero-order chi connectivity index (χ0) is 12.4. The summed E-state index contributed by atoms with van der Waals surface area (Å²) in [6.07, 6.45) is -0.00363. The summed E-state index contributed by atoms with van der Waals surface area (Å²) >= 11 is 0.927. The van der Waals surface area contributed by atoms with Gasteiger partial charge in [0, 0.05) is 5.38 Å². The van der Waals surface area contributed by atoms with Crippen molar-refractivity contribution in [3.63, 3.8) is 0 Å². The Morgan fingerprint density at radius 2 is 2.47 bits per heavy atom. The zero-order valence-corrected chi connectivity index (χ0v) is 9.69. The predicted octanol–water partition coefficient (Wildman–Crippen LogP) is 1.22. The van der Waals surface area contributed by atoms with E-state index in [1.165, 1.54) is 12.5 Å². The molecule has 0 amide bonds. The summed E-state index contributed by atoms with van der Waals surface area (Å²) < 4.78 is 14.6. The maximum atomic E-state index is 11.3. The van der Waals surface area contributed by atoms with Gasteiger partial charge in [0.05, 0.1) is 18.6 Å². The van der Waals surface area contributed by atoms with Crippen LogP contribution in [0.25, 0.3) is 0 Å². The van der Waals surface area contributed by atoms with Gasteiger partial charge in [0.2, 0.25) is 5.75 Å². The number of thiophene rings is 1. The Labute approximate surface area is 100 Å². The standard InChI is InChI=1S/C9H9NO6S/c1-14-9(11)8-7(10(12)13)6(4-17-8)16-3-5-2-15-5/h4-5H,2-3H2,1H3. The van der Waals surface area contributed by atoms with Gasteiger partial charge >= 0.3 is 11.7 Å². The van der Waals surface area contributed by atoms with Crippen LogP contribution in [0.5, 0.6) is 5.75 Å². The minimum atomic E-state index is -0.737. The molecule has 0 bridgehead atoms. The number of nitro groups is 1. The summed E-state index contributed by atoms with van der Waals surface area (Å²) in [4.78, 5) is 21.5. The van der Waals surface area contributed by atoms with Crippen LogP contribution in [-0.4, -0.2) is 37.3 Å². The molecule has 7 nitrogen and oxygen atoms in total. The van der Waals surface area contributed by atoms with E-state index in [2.05, 4.69) is 4.74 Å². The second kappa shape index (κ2) is 4.68. The quantitative estimate of drug-likeness (QED) is 0.342. The van der Waals surface area contributed by atoms with Gasteiger partial charge in [-0.1, -0.05) is 0 Å². The molecule has 1 aliphatic heterocycles. The fourth-order valence-corrected chi connectivity index (χ4v) is 2.07. The Kier molecular flexibility index (Phi) is 3.25. The number of nitrogens with zero attached hydrogens (tertiary/aromatic N) is 1. The van der Waals surface area contributed by atoms with E-state index in [-0.39, 0.29) is 29.0 Å². The molecule has 1 aliphatic rings. The number of hydrogen-bond donors (Lipinski definition) is 0. The monoisotopic (exact) mass is 259 g/mol. The van der Waals surface area contributed by atoms with Crippen molar-refractivity contribution in [2.75, 3.05) is 20.3 Å². The molecule has 17 heavy (non-hydrogen) atoms. The highest BCUT2D eigenvalue weighted by Gasteiger charge is 2.31. The number of hydrogen-bond acceptors (Lipinski definition) is 7. The summed E-state index contributed by atoms with van der Waals surface area (Å²) in [7, 11) is 1.17. The maximum Gasteiger partial charge on any atom is 0.355 e. The van der Waals surface area contributed by atoms with Gasteiger partial charge in [-0.3, -0.25) is 10.1 Å². The van der Waals surface area contributed by atoms with Gasteiger partial charge < -0.3 is 14.2 Å². The first kappa shape index (κ1) is 11.8. The number of carbonyl (C=O) groups is 1. The summed E-state index contributed by atoms with van der Waals surface area (Å²) in [5.74, 6) is -0.657. The topological polar surface area (TPSA) is 91.2 Å². The van der Waals surface area contributed by atoms with Crippen molar-refractivity contribution >= 4 is 23.0 Å². The van der Waals surface area contributed by atoms with Crippen LogP contribution in [0.2, 0.25) is 0 Å². The largest absolute Gasteiger partial charge is 0.483 e. The summed E-state index contributed by atoms with van der Waals surface area (Å²) in [6.45, 7) is 0.847. The number of epoxide rings is 1. The van der Waals surface area contributed by atoms with E-state index in [4.69, 9.17) is 9.47 Å². The van der Waals surface area contributed by atoms with Gasteiger partial charge in [0.15, 0.2) is 4.88 Å². The van der Waals surface area contributed by atoms with Gasteiger partial charge in [-0.25, -0.2) is 4.79 Å². The first-order valence-electron chi connectivity index (χ1n) is 4.72. The number of esters is 1. The van der Waals surface area contributed by atoms with Gasteiger partial charge in [0.25, 0.3) is 0 Å². The molecule has 8 heteroatoms. The molecule has 0 spiro atoms. The normalized spacial score (nSPS) is 17.6. The molecule has 0 radical (unpaired) electrons. The van der Waals surface area contributed by atoms with Gasteiger partial charge in [0.1, 0.15) is 12.7 Å². The van der Waals surface area contributed by atoms with E-state index in [0.29, 0.717) is 6.61 Å². The number of methoxy groups -OCH3 is 1. The Balaban J connectivity index is 2.21. The molecule has 0 saturated carbocycles. The fourth-order valence-electron chi connectivity index (χ4n) is 1.20. The molecule has 1 atom stereocenters. The first-order chi connectivity index (χ1) is 8.13. The van der Waals surface area contributed by atoms with Crippen LogP contribution in [0.15, 0.2) is 5.38 Å². The second-order valence-corrected chi connectivity index (χ2v) is 4.17. The lowest BCUT2D eigenvalue weighted by Gasteiger charge is -2.01. The Bertz CT molecular complexity index is 452. The van der Waals surface area contributed by atoms with Crippen molar-refractivity contribution in [2.45, 2.75) is 6.10 Å². The van der Waals surface area contributed by atoms with Gasteiger partial charge in [-0.15, -0.1) is 11.3 Å². The van der Waals surface area contributed by atoms with E-state index < -0.39 is 10.9 Å². The lowest BCUT2D eigenvalue weighted by Crippen LogP contribution is -2.06. The van der Waals surface area contributed by atoms with Crippen LogP contribution in [-0.2, 0) is 9.47 Å². The van der Waals surface area contributed by atoms with Crippen molar-refractivity contribution in [3.05, 3.63) is 20.4 Å². The Morgan fingerprint density at radius 1 is 1.76 bits per heavy atom. The minimum absolute atomic E-state index is 0.00363. The maximum absolute atomic E-state index is 11.3. The van der Waals surface area contributed by atoms with E-state index in [1.807, 2.05) is 0 Å². The smallest absolute Gasteiger partial charge is 0.355 e. The van der Waals surface area contributed by atoms with Crippen molar-refractivity contribution in [2.24, 2.45) is 0 Å². The molecule has 1 saturated heterocycles. The van der Waals surface area contributed by atoms with Gasteiger partial charge in [-0.05, 0) is 0 Å². The zero-order valence-electron chi connectivity index (χ0n) is 8.87. The SMILES string of the molecule is COC(=O)c1scc(OCC2CO2)c1[N+](=O)[O-]. The van der Waals surface area contributed by atoms with Crippen molar-refractivity contribution in [1.29, 1.82) is 0 Å². The number of carbonyl (C=O) groups excluding carboxylic acids is 1. The first-order valence-corrected chi connectivity index (χ1v) is 5.60. The minimum Gasteiger partial charge on any atom is -0.483 e. The van der Waals surface area contributed by atoms with Crippen LogP contribution < -0.4 is 4.74 Å². The molecule has 2 heterocycles. The molecular formula is C9H9NO6S. The van der Waals surface area contributed by atoms with E-state index in [0.717, 1.165) is 11.3 Å². The molecule has 1 aromatic heterocycles. The predicted molar refractivity (Wildman–Crippen MR) is 57.5 cm³/mol. The lowest BCUT2D eigenvalue weighted by atomic mass is 10.3. The highest BCUT2D eigenvalue weighted by Crippen LogP contribution is 2.37. The summed E-state index contributed by atoms with van der Waals surface area (Å²) in [5, 5.41) is 12.3. The second-order valence-electron chi connectivity index (χ2n) is 3.29. The van der Waals surface area contributed by atoms with Crippen LogP contribution in [0.1, 0.15) is 9.67 Å². The Morgan fingerprint density at radius 3 is 3.00 bits per heavy atom. The third kappa shape index (κ3) is 2.53. The molecule has 92 valence electrons. The van der Waals surface area contributed by atoms with Crippen LogP contribution in [0, 0.1) is 10.1 Å². The molecular weight excluding hydrogens is 250 g/mol. The van der Waals surface area contributed by atoms with E-state index in [9.17, 15) is 14.9 Å². The summed E-state index contributed by atoms with van der Waals surface area (Å²) in [6, 6.07) is 0. The van der Waals surface area contributed by atoms with E-state index in [1.54, 1.807) is 0 Å². The number of ether oxygens (including phenoxy) is 3. The third-order valence-electron chi connectivity index (χ3n) is 2.11. The van der Waals surface area contributed by atoms with E-state index >= 15 is 0 Å². The fraction of sp³-hybridized carbons (Fsp3) is 0.444. The summed E-state index contributed by atoms with van der Waals surface area (Å²) in [5.41, 5.74) is -0.345. The number of rotatable bonds is 5. The third-order valence-corrected chi connectivity index (χ3v) is 3.04. The molecule has 1 unspecified atom stereocenters. The molecule has 1 aromatic rings. The average Bonchev–Trinajstić information content (AvgIpc) is 3.03. The molecule has 0 aromatic carbocycles. The average molecular weight is 259 g/mol. The van der Waals surface area contributed by atoms with Gasteiger partial charge in [-0.2, -0.15) is 0 Å². The van der Waals surface area contributed by atoms with Crippen LogP contribution in [0.4, 0.5) is 5.69 Å². The molecule has 0 aliphatic carbocycles. The highest BCUT2D eigenvalue weighted by atomic mass is 32.1. The molecule has 2 rings (SSSR count). The van der Waals surface area contributed by atoms with Crippen LogP contribution >= 0.6 is 11.3 Å². The highest BCUT2D eigenvalue weighted by molar-refractivity contribution is 7.12. The van der Waals surface area contributed by atoms with Crippen molar-refractivity contribution < 1.29 is 23.9 Å². The van der Waals surface area contributed by atoms with Crippen molar-refractivity contribution in [3.8, 4) is 5.75 Å². The Hall–Kier alpha value is -1.67. The molecule has 0 N–H and O–H groups in total. The lowest BCUT2D eigenvalue weighted by molar-refractivity contribution is -0.385. The molecule has 1 fully saturated rings. The van der Waals surface area contributed by atoms with Crippen molar-refractivity contribution in [1.82, 2.24) is 0 Å².